The molecule has 4 aromatic rings. The molecule has 0 saturated carbocycles. The molecule has 6 nitrogen and oxygen atoms in total. The van der Waals surface area contributed by atoms with Crippen LogP contribution in [0.3, 0.4) is 0 Å². The lowest BCUT2D eigenvalue weighted by Gasteiger charge is -2.13. The average Bonchev–Trinajstić information content (AvgIpc) is 2.97. The van der Waals surface area contributed by atoms with Gasteiger partial charge < -0.3 is 10.3 Å². The number of hydrogen-bond acceptors (Lipinski definition) is 4. The Kier molecular flexibility index (Phi) is 3.68. The SMILES string of the molecule is S=C(Nc1ccccc1)Nn1c(=S)nnc2c3ccccc3[nH]c21. The molecule has 118 valence electrons. The maximum atomic E-state index is 5.37. The summed E-state index contributed by atoms with van der Waals surface area (Å²) in [5.41, 5.74) is 6.35. The summed E-state index contributed by atoms with van der Waals surface area (Å²) in [7, 11) is 0. The number of H-pyrrole nitrogens is 1. The average molecular weight is 352 g/mol. The Balaban J connectivity index is 1.74. The van der Waals surface area contributed by atoms with Gasteiger partial charge in [0.1, 0.15) is 5.52 Å². The lowest BCUT2D eigenvalue weighted by atomic mass is 10.2. The number of para-hydroxylation sites is 2. The monoisotopic (exact) mass is 352 g/mol. The van der Waals surface area contributed by atoms with Gasteiger partial charge in [-0.1, -0.05) is 36.4 Å². The zero-order valence-corrected chi connectivity index (χ0v) is 14.0. The molecular formula is C16H12N6S2. The van der Waals surface area contributed by atoms with Crippen molar-refractivity contribution in [1.29, 1.82) is 0 Å². The van der Waals surface area contributed by atoms with Crippen molar-refractivity contribution in [2.75, 3.05) is 10.7 Å². The van der Waals surface area contributed by atoms with Gasteiger partial charge in [0.25, 0.3) is 0 Å². The summed E-state index contributed by atoms with van der Waals surface area (Å²) in [6.45, 7) is 0. The number of aromatic nitrogens is 4. The van der Waals surface area contributed by atoms with Crippen LogP contribution in [0.25, 0.3) is 22.1 Å². The van der Waals surface area contributed by atoms with Crippen LogP contribution in [0, 0.1) is 4.77 Å². The second-order valence-corrected chi connectivity index (χ2v) is 5.89. The molecule has 0 fully saturated rings. The maximum absolute atomic E-state index is 5.37. The number of aromatic amines is 1. The van der Waals surface area contributed by atoms with Crippen molar-refractivity contribution in [2.45, 2.75) is 0 Å². The summed E-state index contributed by atoms with van der Waals surface area (Å²) < 4.78 is 1.90. The standard InChI is InChI=1S/C16H12N6S2/c23-15(17-10-6-2-1-3-7-10)21-22-14-13(19-20-16(22)24)11-8-4-5-9-12(11)18-14/h1-9,18H,(H2,17,21,23). The van der Waals surface area contributed by atoms with E-state index in [2.05, 4.69) is 25.9 Å². The molecule has 0 aliphatic heterocycles. The smallest absolute Gasteiger partial charge is 0.241 e. The van der Waals surface area contributed by atoms with Crippen LogP contribution in [0.15, 0.2) is 54.6 Å². The molecule has 2 aromatic carbocycles. The topological polar surface area (TPSA) is 70.6 Å². The first-order chi connectivity index (χ1) is 11.7. The molecule has 0 atom stereocenters. The quantitative estimate of drug-likeness (QED) is 0.479. The number of hydrogen-bond donors (Lipinski definition) is 3. The van der Waals surface area contributed by atoms with E-state index in [-0.39, 0.29) is 4.77 Å². The van der Waals surface area contributed by atoms with Gasteiger partial charge >= 0.3 is 0 Å². The van der Waals surface area contributed by atoms with E-state index in [4.69, 9.17) is 24.4 Å². The van der Waals surface area contributed by atoms with Gasteiger partial charge in [-0.25, -0.2) is 4.68 Å². The minimum atomic E-state index is 0.284. The van der Waals surface area contributed by atoms with Gasteiger partial charge in [0.15, 0.2) is 10.8 Å². The van der Waals surface area contributed by atoms with Crippen LogP contribution in [0.5, 0.6) is 0 Å². The Hall–Kier alpha value is -2.84. The van der Waals surface area contributed by atoms with Gasteiger partial charge in [-0.2, -0.15) is 0 Å². The first-order valence-electron chi connectivity index (χ1n) is 7.21. The predicted octanol–water partition coefficient (Wildman–Crippen LogP) is 3.58. The van der Waals surface area contributed by atoms with Crippen LogP contribution >= 0.6 is 24.4 Å². The highest BCUT2D eigenvalue weighted by atomic mass is 32.1. The van der Waals surface area contributed by atoms with Crippen LogP contribution < -0.4 is 10.7 Å². The number of nitrogens with one attached hydrogen (secondary N) is 3. The van der Waals surface area contributed by atoms with Gasteiger partial charge in [0.05, 0.1) is 0 Å². The Labute approximate surface area is 147 Å². The number of anilines is 1. The minimum absolute atomic E-state index is 0.284. The van der Waals surface area contributed by atoms with Crippen molar-refractivity contribution in [2.24, 2.45) is 0 Å². The fourth-order valence-corrected chi connectivity index (χ4v) is 2.88. The Morgan fingerprint density at radius 3 is 2.58 bits per heavy atom. The predicted molar refractivity (Wildman–Crippen MR) is 102 cm³/mol. The van der Waals surface area contributed by atoms with Gasteiger partial charge in [-0.05, 0) is 42.6 Å². The summed E-state index contributed by atoms with van der Waals surface area (Å²) in [6.07, 6.45) is 0. The fraction of sp³-hybridized carbons (Fsp3) is 0. The molecule has 2 aromatic heterocycles. The van der Waals surface area contributed by atoms with Crippen LogP contribution in [0.2, 0.25) is 0 Å². The Bertz CT molecular complexity index is 1100. The van der Waals surface area contributed by atoms with Crippen LogP contribution in [-0.4, -0.2) is 25.0 Å². The molecular weight excluding hydrogens is 340 g/mol. The van der Waals surface area contributed by atoms with Gasteiger partial charge in [0, 0.05) is 16.6 Å². The lowest BCUT2D eigenvalue weighted by Crippen LogP contribution is -2.29. The van der Waals surface area contributed by atoms with Crippen molar-refractivity contribution in [3.8, 4) is 0 Å². The highest BCUT2D eigenvalue weighted by Crippen LogP contribution is 2.22. The number of nitrogens with zero attached hydrogens (tertiary/aromatic N) is 3. The molecule has 4 rings (SSSR count). The second kappa shape index (κ2) is 5.99. The molecule has 0 radical (unpaired) electrons. The van der Waals surface area contributed by atoms with Gasteiger partial charge in [-0.15, -0.1) is 10.2 Å². The van der Waals surface area contributed by atoms with Gasteiger partial charge in [0.2, 0.25) is 4.77 Å². The maximum Gasteiger partial charge on any atom is 0.241 e. The number of benzene rings is 2. The minimum Gasteiger partial charge on any atom is -0.338 e. The van der Waals surface area contributed by atoms with E-state index in [1.807, 2.05) is 54.6 Å². The Morgan fingerprint density at radius 2 is 1.75 bits per heavy atom. The number of rotatable bonds is 2. The molecule has 0 unspecified atom stereocenters. The molecule has 0 aliphatic carbocycles. The molecule has 8 heteroatoms. The lowest BCUT2D eigenvalue weighted by molar-refractivity contribution is 0.870. The van der Waals surface area contributed by atoms with Crippen molar-refractivity contribution in [3.05, 3.63) is 59.4 Å². The third kappa shape index (κ3) is 2.61. The van der Waals surface area contributed by atoms with E-state index < -0.39 is 0 Å². The van der Waals surface area contributed by atoms with Crippen LogP contribution in [-0.2, 0) is 0 Å². The first kappa shape index (κ1) is 14.7. The summed E-state index contributed by atoms with van der Waals surface area (Å²) >= 11 is 10.7. The molecule has 0 saturated heterocycles. The van der Waals surface area contributed by atoms with Crippen LogP contribution in [0.1, 0.15) is 0 Å². The van der Waals surface area contributed by atoms with Crippen molar-refractivity contribution in [1.82, 2.24) is 19.9 Å². The summed E-state index contributed by atoms with van der Waals surface area (Å²) in [5, 5.41) is 12.8. The molecule has 3 N–H and O–H groups in total. The van der Waals surface area contributed by atoms with E-state index >= 15 is 0 Å². The highest BCUT2D eigenvalue weighted by molar-refractivity contribution is 7.80. The summed E-state index contributed by atoms with van der Waals surface area (Å²) in [6, 6.07) is 17.5. The number of fused-ring (bicyclic) bond motifs is 3. The third-order valence-corrected chi connectivity index (χ3v) is 4.01. The summed E-state index contributed by atoms with van der Waals surface area (Å²) in [5.74, 6) is 0. The summed E-state index contributed by atoms with van der Waals surface area (Å²) in [4.78, 5) is 3.30. The van der Waals surface area contributed by atoms with E-state index in [1.165, 1.54) is 0 Å². The van der Waals surface area contributed by atoms with Gasteiger partial charge in [-0.3, -0.25) is 5.43 Å². The van der Waals surface area contributed by atoms with E-state index in [1.54, 1.807) is 4.68 Å². The van der Waals surface area contributed by atoms with Crippen molar-refractivity contribution >= 4 is 57.3 Å². The molecule has 0 spiro atoms. The highest BCUT2D eigenvalue weighted by Gasteiger charge is 2.11. The molecule has 0 amide bonds. The normalized spacial score (nSPS) is 10.8. The van der Waals surface area contributed by atoms with Crippen molar-refractivity contribution in [3.63, 3.8) is 0 Å². The molecule has 0 bridgehead atoms. The number of thiocarbonyl (C=S) groups is 1. The van der Waals surface area contributed by atoms with Crippen LogP contribution in [0.4, 0.5) is 5.69 Å². The fourth-order valence-electron chi connectivity index (χ4n) is 2.49. The van der Waals surface area contributed by atoms with Crippen molar-refractivity contribution < 1.29 is 0 Å². The van der Waals surface area contributed by atoms with E-state index in [0.29, 0.717) is 10.8 Å². The van der Waals surface area contributed by atoms with E-state index in [9.17, 15) is 0 Å². The zero-order chi connectivity index (χ0) is 16.5. The second-order valence-electron chi connectivity index (χ2n) is 5.12. The Morgan fingerprint density at radius 1 is 1.00 bits per heavy atom. The first-order valence-corrected chi connectivity index (χ1v) is 8.03. The third-order valence-electron chi connectivity index (χ3n) is 3.56. The molecule has 2 heterocycles. The molecule has 24 heavy (non-hydrogen) atoms. The molecule has 0 aliphatic rings. The zero-order valence-electron chi connectivity index (χ0n) is 12.4. The largest absolute Gasteiger partial charge is 0.338 e. The van der Waals surface area contributed by atoms with E-state index in [0.717, 1.165) is 22.1 Å².